The Kier molecular flexibility index (Phi) is 7.62. The topological polar surface area (TPSA) is 153 Å². The average molecular weight is 515 g/mol. The van der Waals surface area contributed by atoms with Crippen LogP contribution in [0.2, 0.25) is 0 Å². The highest BCUT2D eigenvalue weighted by atomic mass is 19.4. The number of primary amides is 1. The van der Waals surface area contributed by atoms with E-state index in [0.717, 1.165) is 18.0 Å². The summed E-state index contributed by atoms with van der Waals surface area (Å²) in [6.07, 6.45) is -0.396. The van der Waals surface area contributed by atoms with Crippen molar-refractivity contribution in [2.24, 2.45) is 17.4 Å². The first-order valence-electron chi connectivity index (χ1n) is 11.5. The molecular weight excluding hydrogens is 489 g/mol. The molecule has 5 N–H and O–H groups in total. The Morgan fingerprint density at radius 2 is 1.78 bits per heavy atom. The van der Waals surface area contributed by atoms with Gasteiger partial charge in [-0.3, -0.25) is 14.6 Å². The van der Waals surface area contributed by atoms with E-state index in [-0.39, 0.29) is 36.6 Å². The molecule has 1 saturated heterocycles. The number of hydrogen-bond donors (Lipinski definition) is 3. The predicted octanol–water partition coefficient (Wildman–Crippen LogP) is 2.04. The van der Waals surface area contributed by atoms with E-state index in [0.29, 0.717) is 42.9 Å². The van der Waals surface area contributed by atoms with Crippen LogP contribution in [0.15, 0.2) is 42.9 Å². The molecule has 1 aliphatic rings. The Morgan fingerprint density at radius 1 is 1.08 bits per heavy atom. The number of anilines is 1. The number of alkyl halides is 3. The number of halogens is 3. The first-order chi connectivity index (χ1) is 17.7. The molecule has 1 aromatic carbocycles. The van der Waals surface area contributed by atoms with Crippen LogP contribution in [0.25, 0.3) is 11.3 Å². The van der Waals surface area contributed by atoms with Crippen molar-refractivity contribution in [1.82, 2.24) is 25.3 Å². The number of piperidine rings is 1. The number of nitrogens with zero attached hydrogens (tertiary/aromatic N) is 5. The molecule has 194 valence electrons. The van der Waals surface area contributed by atoms with Gasteiger partial charge in [0.25, 0.3) is 5.91 Å². The van der Waals surface area contributed by atoms with E-state index in [1.807, 2.05) is 18.2 Å². The Balaban J connectivity index is 1.33. The maximum atomic E-state index is 12.7. The van der Waals surface area contributed by atoms with E-state index >= 15 is 0 Å². The van der Waals surface area contributed by atoms with Gasteiger partial charge in [-0.25, -0.2) is 15.0 Å². The molecule has 0 spiro atoms. The highest BCUT2D eigenvalue weighted by Crippen LogP contribution is 2.29. The molecule has 1 fully saturated rings. The molecule has 0 radical (unpaired) electrons. The summed E-state index contributed by atoms with van der Waals surface area (Å²) in [4.78, 5) is 42.3. The maximum absolute atomic E-state index is 12.7. The summed E-state index contributed by atoms with van der Waals surface area (Å²) in [6, 6.07) is 7.30. The highest BCUT2D eigenvalue weighted by Gasteiger charge is 2.32. The fourth-order valence-electron chi connectivity index (χ4n) is 4.05. The Morgan fingerprint density at radius 3 is 2.41 bits per heavy atom. The molecule has 0 saturated carbocycles. The van der Waals surface area contributed by atoms with E-state index < -0.39 is 17.6 Å². The van der Waals surface area contributed by atoms with Crippen molar-refractivity contribution in [3.63, 3.8) is 0 Å². The normalized spacial score (nSPS) is 14.4. The second kappa shape index (κ2) is 10.9. The molecule has 0 unspecified atom stereocenters. The molecule has 2 amide bonds. The summed E-state index contributed by atoms with van der Waals surface area (Å²) in [7, 11) is 0. The van der Waals surface area contributed by atoms with Crippen molar-refractivity contribution in [2.45, 2.75) is 32.1 Å². The molecule has 0 atom stereocenters. The summed E-state index contributed by atoms with van der Waals surface area (Å²) in [6.45, 7) is 1.23. The van der Waals surface area contributed by atoms with Gasteiger partial charge in [0.2, 0.25) is 11.9 Å². The van der Waals surface area contributed by atoms with Crippen molar-refractivity contribution in [1.29, 1.82) is 0 Å². The second-order valence-electron chi connectivity index (χ2n) is 8.57. The highest BCUT2D eigenvalue weighted by molar-refractivity contribution is 5.92. The van der Waals surface area contributed by atoms with Crippen LogP contribution in [0.4, 0.5) is 19.1 Å². The molecule has 3 heterocycles. The number of hydrogen-bond acceptors (Lipinski definition) is 8. The van der Waals surface area contributed by atoms with Crippen LogP contribution in [-0.4, -0.2) is 44.8 Å². The van der Waals surface area contributed by atoms with Crippen LogP contribution < -0.4 is 21.7 Å². The lowest BCUT2D eigenvalue weighted by molar-refractivity contribution is -0.138. The SMILES string of the molecule is NCc1ncc(-c2cccc(CNC(=O)C3CCN(c4ncc(C(F)(F)F)cn4)CC3)c2)nc1C(N)=O. The Bertz CT molecular complexity index is 1280. The summed E-state index contributed by atoms with van der Waals surface area (Å²) >= 11 is 0. The summed E-state index contributed by atoms with van der Waals surface area (Å²) in [5.74, 6) is -0.844. The Hall–Kier alpha value is -4.13. The molecule has 4 rings (SSSR count). The molecule has 13 heteroatoms. The largest absolute Gasteiger partial charge is 0.419 e. The van der Waals surface area contributed by atoms with E-state index in [4.69, 9.17) is 11.5 Å². The zero-order valence-corrected chi connectivity index (χ0v) is 19.7. The van der Waals surface area contributed by atoms with E-state index in [2.05, 4.69) is 25.3 Å². The van der Waals surface area contributed by atoms with Crippen LogP contribution in [0, 0.1) is 5.92 Å². The van der Waals surface area contributed by atoms with Crippen molar-refractivity contribution >= 4 is 17.8 Å². The first kappa shape index (κ1) is 25.9. The van der Waals surface area contributed by atoms with Crippen molar-refractivity contribution in [3.8, 4) is 11.3 Å². The van der Waals surface area contributed by atoms with Gasteiger partial charge in [0.1, 0.15) is 0 Å². The van der Waals surface area contributed by atoms with Crippen LogP contribution in [0.3, 0.4) is 0 Å². The molecule has 37 heavy (non-hydrogen) atoms. The van der Waals surface area contributed by atoms with Gasteiger partial charge < -0.3 is 21.7 Å². The quantitative estimate of drug-likeness (QED) is 0.433. The van der Waals surface area contributed by atoms with Gasteiger partial charge in [-0.05, 0) is 24.5 Å². The average Bonchev–Trinajstić information content (AvgIpc) is 2.91. The van der Waals surface area contributed by atoms with Crippen LogP contribution in [0.1, 0.15) is 40.2 Å². The maximum Gasteiger partial charge on any atom is 0.419 e. The summed E-state index contributed by atoms with van der Waals surface area (Å²) in [5, 5.41) is 2.93. The van der Waals surface area contributed by atoms with E-state index in [9.17, 15) is 22.8 Å². The number of aromatic nitrogens is 4. The smallest absolute Gasteiger partial charge is 0.364 e. The standard InChI is InChI=1S/C24H25F3N8O2/c25-24(26,27)17-11-32-23(33-12-17)35-6-4-15(5-7-35)22(37)31-10-14-2-1-3-16(8-14)19-13-30-18(9-28)20(34-19)21(29)36/h1-3,8,11-13,15H,4-7,9-10,28H2,(H2,29,36)(H,31,37). The van der Waals surface area contributed by atoms with Gasteiger partial charge >= 0.3 is 6.18 Å². The first-order valence-corrected chi connectivity index (χ1v) is 11.5. The second-order valence-corrected chi connectivity index (χ2v) is 8.57. The minimum atomic E-state index is -4.49. The van der Waals surface area contributed by atoms with Gasteiger partial charge in [-0.1, -0.05) is 18.2 Å². The third kappa shape index (κ3) is 6.17. The van der Waals surface area contributed by atoms with E-state index in [1.54, 1.807) is 11.0 Å². The van der Waals surface area contributed by atoms with Gasteiger partial charge in [0.05, 0.1) is 23.1 Å². The molecule has 2 aromatic heterocycles. The molecule has 0 bridgehead atoms. The van der Waals surface area contributed by atoms with Crippen LogP contribution >= 0.6 is 0 Å². The Labute approximate surface area is 210 Å². The number of nitrogens with one attached hydrogen (secondary N) is 1. The zero-order chi connectivity index (χ0) is 26.6. The molecule has 10 nitrogen and oxygen atoms in total. The number of carbonyl (C=O) groups is 2. The fourth-order valence-corrected chi connectivity index (χ4v) is 4.05. The van der Waals surface area contributed by atoms with Crippen LogP contribution in [0.5, 0.6) is 0 Å². The minimum absolute atomic E-state index is 0.0201. The van der Waals surface area contributed by atoms with Gasteiger partial charge in [-0.2, -0.15) is 13.2 Å². The zero-order valence-electron chi connectivity index (χ0n) is 19.7. The van der Waals surface area contributed by atoms with Gasteiger partial charge in [0.15, 0.2) is 5.69 Å². The minimum Gasteiger partial charge on any atom is -0.364 e. The number of benzene rings is 1. The van der Waals surface area contributed by atoms with E-state index in [1.165, 1.54) is 6.20 Å². The summed E-state index contributed by atoms with van der Waals surface area (Å²) < 4.78 is 38.1. The number of amides is 2. The number of rotatable bonds is 7. The lowest BCUT2D eigenvalue weighted by Crippen LogP contribution is -2.41. The number of carbonyl (C=O) groups excluding carboxylic acids is 2. The van der Waals surface area contributed by atoms with Crippen molar-refractivity contribution in [2.75, 3.05) is 18.0 Å². The van der Waals surface area contributed by atoms with Crippen molar-refractivity contribution in [3.05, 3.63) is 65.4 Å². The van der Waals surface area contributed by atoms with Crippen molar-refractivity contribution < 1.29 is 22.8 Å². The van der Waals surface area contributed by atoms with Gasteiger partial charge in [-0.15, -0.1) is 0 Å². The summed E-state index contributed by atoms with van der Waals surface area (Å²) in [5.41, 5.74) is 12.4. The van der Waals surface area contributed by atoms with Gasteiger partial charge in [0, 0.05) is 50.1 Å². The molecule has 1 aliphatic heterocycles. The van der Waals surface area contributed by atoms with Crippen LogP contribution in [-0.2, 0) is 24.1 Å². The molecular formula is C24H25F3N8O2. The fraction of sp³-hybridized carbons (Fsp3) is 0.333. The monoisotopic (exact) mass is 514 g/mol. The third-order valence-electron chi connectivity index (χ3n) is 6.08. The lowest BCUT2D eigenvalue weighted by atomic mass is 9.96. The molecule has 3 aromatic rings. The lowest BCUT2D eigenvalue weighted by Gasteiger charge is -2.31. The third-order valence-corrected chi connectivity index (χ3v) is 6.08. The predicted molar refractivity (Wildman–Crippen MR) is 128 cm³/mol. The number of nitrogens with two attached hydrogens (primary N) is 2. The molecule has 0 aliphatic carbocycles.